The van der Waals surface area contributed by atoms with E-state index in [2.05, 4.69) is 30.7 Å². The predicted octanol–water partition coefficient (Wildman–Crippen LogP) is 3.27. The zero-order valence-corrected chi connectivity index (χ0v) is 15.3. The maximum Gasteiger partial charge on any atom is 0.361 e. The van der Waals surface area contributed by atoms with Gasteiger partial charge in [-0.2, -0.15) is 5.10 Å². The molecular formula is C18H16N6O2S. The third-order valence-corrected chi connectivity index (χ3v) is 4.71. The molecule has 3 heterocycles. The number of carbonyl (C=O) groups excluding carboxylic acids is 1. The molecule has 1 aromatic carbocycles. The van der Waals surface area contributed by atoms with Crippen LogP contribution < -0.4 is 5.32 Å². The number of aromatic nitrogens is 5. The molecule has 0 fully saturated rings. The number of nitrogens with zero attached hydrogens (tertiary/aromatic N) is 4. The number of H-pyrrole nitrogens is 1. The first-order chi connectivity index (χ1) is 13.3. The van der Waals surface area contributed by atoms with Gasteiger partial charge in [0.25, 0.3) is 0 Å². The highest BCUT2D eigenvalue weighted by Crippen LogP contribution is 2.26. The monoisotopic (exact) mass is 380 g/mol. The average molecular weight is 380 g/mol. The van der Waals surface area contributed by atoms with Crippen molar-refractivity contribution in [3.63, 3.8) is 0 Å². The molecular weight excluding hydrogens is 364 g/mol. The summed E-state index contributed by atoms with van der Waals surface area (Å²) >= 11 is 1.57. The molecule has 3 aromatic heterocycles. The van der Waals surface area contributed by atoms with E-state index in [1.807, 2.05) is 41.8 Å². The Bertz CT molecular complexity index is 1080. The first kappa shape index (κ1) is 17.1. The van der Waals surface area contributed by atoms with Crippen LogP contribution in [-0.2, 0) is 11.3 Å². The molecule has 0 unspecified atom stereocenters. The molecule has 0 atom stereocenters. The van der Waals surface area contributed by atoms with Crippen LogP contribution in [0, 0.1) is 0 Å². The molecule has 8 nitrogen and oxygen atoms in total. The zero-order chi connectivity index (χ0) is 18.6. The first-order valence-corrected chi connectivity index (χ1v) is 9.25. The number of anilines is 1. The Morgan fingerprint density at radius 2 is 2.11 bits per heavy atom. The van der Waals surface area contributed by atoms with Crippen LogP contribution in [0.2, 0.25) is 0 Å². The largest absolute Gasteiger partial charge is 0.461 e. The number of benzene rings is 1. The number of fused-ring (bicyclic) bond motifs is 1. The summed E-state index contributed by atoms with van der Waals surface area (Å²) < 4.78 is 5.11. The fourth-order valence-electron chi connectivity index (χ4n) is 2.64. The predicted molar refractivity (Wildman–Crippen MR) is 103 cm³/mol. The maximum absolute atomic E-state index is 12.3. The van der Waals surface area contributed by atoms with E-state index >= 15 is 0 Å². The van der Waals surface area contributed by atoms with Crippen molar-refractivity contribution < 1.29 is 9.53 Å². The van der Waals surface area contributed by atoms with Crippen LogP contribution in [0.1, 0.15) is 23.2 Å². The molecule has 0 radical (unpaired) electrons. The van der Waals surface area contributed by atoms with E-state index in [9.17, 15) is 4.79 Å². The number of esters is 1. The standard InChI is InChI=1S/C18H16N6O2S/c1-2-26-18(25)16-15(11-6-3-4-7-12(11)21-23-16)19-10-14-20-17(24-22-14)13-8-5-9-27-13/h3-9H,2,10H2,1H3,(H,19,21)(H,20,22,24). The second kappa shape index (κ2) is 7.50. The lowest BCUT2D eigenvalue weighted by Crippen LogP contribution is -2.14. The Labute approximate surface area is 158 Å². The molecule has 4 rings (SSSR count). The van der Waals surface area contributed by atoms with Crippen LogP contribution in [0.15, 0.2) is 41.8 Å². The van der Waals surface area contributed by atoms with Crippen molar-refractivity contribution in [1.82, 2.24) is 25.4 Å². The van der Waals surface area contributed by atoms with Gasteiger partial charge in [-0.3, -0.25) is 5.10 Å². The summed E-state index contributed by atoms with van der Waals surface area (Å²) in [5.74, 6) is 0.773. The van der Waals surface area contributed by atoms with Crippen molar-refractivity contribution >= 4 is 33.9 Å². The Kier molecular flexibility index (Phi) is 4.75. The lowest BCUT2D eigenvalue weighted by molar-refractivity contribution is 0.0519. The first-order valence-electron chi connectivity index (χ1n) is 8.38. The van der Waals surface area contributed by atoms with E-state index in [-0.39, 0.29) is 12.3 Å². The van der Waals surface area contributed by atoms with E-state index < -0.39 is 5.97 Å². The van der Waals surface area contributed by atoms with Crippen molar-refractivity contribution in [1.29, 1.82) is 0 Å². The number of carbonyl (C=O) groups is 1. The van der Waals surface area contributed by atoms with Crippen molar-refractivity contribution in [2.24, 2.45) is 0 Å². The van der Waals surface area contributed by atoms with Gasteiger partial charge in [0.1, 0.15) is 5.82 Å². The second-order valence-electron chi connectivity index (χ2n) is 5.60. The molecule has 4 aromatic rings. The van der Waals surface area contributed by atoms with Gasteiger partial charge in [0.15, 0.2) is 11.5 Å². The zero-order valence-electron chi connectivity index (χ0n) is 14.5. The maximum atomic E-state index is 12.3. The molecule has 0 amide bonds. The minimum absolute atomic E-state index is 0.147. The van der Waals surface area contributed by atoms with Crippen molar-refractivity contribution in [3.05, 3.63) is 53.3 Å². The minimum atomic E-state index is -0.518. The topological polar surface area (TPSA) is 106 Å². The Morgan fingerprint density at radius 1 is 1.22 bits per heavy atom. The summed E-state index contributed by atoms with van der Waals surface area (Å²) in [5.41, 5.74) is 1.39. The molecule has 0 aliphatic heterocycles. The number of hydrogen-bond donors (Lipinski definition) is 2. The summed E-state index contributed by atoms with van der Waals surface area (Å²) in [4.78, 5) is 17.8. The summed E-state index contributed by atoms with van der Waals surface area (Å²) in [6.45, 7) is 2.36. The van der Waals surface area contributed by atoms with Gasteiger partial charge in [-0.15, -0.1) is 21.5 Å². The van der Waals surface area contributed by atoms with Crippen LogP contribution in [0.4, 0.5) is 5.69 Å². The van der Waals surface area contributed by atoms with Gasteiger partial charge in [0.05, 0.1) is 29.2 Å². The number of thiophene rings is 1. The average Bonchev–Trinajstić information content (AvgIpc) is 3.37. The van der Waals surface area contributed by atoms with E-state index in [4.69, 9.17) is 4.74 Å². The third kappa shape index (κ3) is 3.49. The number of rotatable bonds is 6. The van der Waals surface area contributed by atoms with Crippen molar-refractivity contribution in [3.8, 4) is 10.7 Å². The van der Waals surface area contributed by atoms with Gasteiger partial charge in [0.2, 0.25) is 0 Å². The summed E-state index contributed by atoms with van der Waals surface area (Å²) in [7, 11) is 0. The van der Waals surface area contributed by atoms with Crippen LogP contribution in [0.5, 0.6) is 0 Å². The van der Waals surface area contributed by atoms with Crippen molar-refractivity contribution in [2.45, 2.75) is 13.5 Å². The van der Waals surface area contributed by atoms with E-state index in [0.29, 0.717) is 29.4 Å². The van der Waals surface area contributed by atoms with Gasteiger partial charge in [-0.1, -0.05) is 24.3 Å². The summed E-state index contributed by atoms with van der Waals surface area (Å²) in [5, 5.41) is 21.3. The molecule has 0 aliphatic rings. The molecule has 9 heteroatoms. The van der Waals surface area contributed by atoms with Gasteiger partial charge in [-0.25, -0.2) is 9.78 Å². The van der Waals surface area contributed by atoms with Gasteiger partial charge in [0, 0.05) is 5.39 Å². The second-order valence-corrected chi connectivity index (χ2v) is 6.55. The molecule has 136 valence electrons. The van der Waals surface area contributed by atoms with Gasteiger partial charge >= 0.3 is 5.97 Å². The molecule has 27 heavy (non-hydrogen) atoms. The molecule has 0 aliphatic carbocycles. The van der Waals surface area contributed by atoms with Gasteiger partial charge < -0.3 is 10.1 Å². The number of nitrogens with one attached hydrogen (secondary N) is 2. The number of hydrogen-bond acceptors (Lipinski definition) is 8. The Morgan fingerprint density at radius 3 is 2.93 bits per heavy atom. The fraction of sp³-hybridized carbons (Fsp3) is 0.167. The van der Waals surface area contributed by atoms with Crippen LogP contribution >= 0.6 is 11.3 Å². The molecule has 0 saturated carbocycles. The van der Waals surface area contributed by atoms with Crippen LogP contribution in [0.25, 0.3) is 21.6 Å². The van der Waals surface area contributed by atoms with Crippen LogP contribution in [-0.4, -0.2) is 38.0 Å². The fourth-order valence-corrected chi connectivity index (χ4v) is 3.30. The highest BCUT2D eigenvalue weighted by Gasteiger charge is 2.19. The van der Waals surface area contributed by atoms with E-state index in [0.717, 1.165) is 10.3 Å². The summed E-state index contributed by atoms with van der Waals surface area (Å²) in [6.07, 6.45) is 0. The smallest absolute Gasteiger partial charge is 0.361 e. The lowest BCUT2D eigenvalue weighted by Gasteiger charge is -2.11. The Balaban J connectivity index is 1.64. The highest BCUT2D eigenvalue weighted by molar-refractivity contribution is 7.13. The van der Waals surface area contributed by atoms with E-state index in [1.54, 1.807) is 18.3 Å². The Hall–Kier alpha value is -3.33. The van der Waals surface area contributed by atoms with Gasteiger partial charge in [-0.05, 0) is 24.4 Å². The molecule has 0 spiro atoms. The van der Waals surface area contributed by atoms with Crippen LogP contribution in [0.3, 0.4) is 0 Å². The minimum Gasteiger partial charge on any atom is -0.461 e. The molecule has 2 N–H and O–H groups in total. The quantitative estimate of drug-likeness (QED) is 0.495. The summed E-state index contributed by atoms with van der Waals surface area (Å²) in [6, 6.07) is 11.4. The van der Waals surface area contributed by atoms with E-state index in [1.165, 1.54) is 0 Å². The molecule has 0 bridgehead atoms. The third-order valence-electron chi connectivity index (χ3n) is 3.84. The highest BCUT2D eigenvalue weighted by atomic mass is 32.1. The van der Waals surface area contributed by atoms with Crippen molar-refractivity contribution in [2.75, 3.05) is 11.9 Å². The normalized spacial score (nSPS) is 10.9. The number of ether oxygens (including phenoxy) is 1. The lowest BCUT2D eigenvalue weighted by atomic mass is 10.1. The SMILES string of the molecule is CCOC(=O)c1nnc2ccccc2c1NCc1nc(-c2cccs2)n[nH]1. The molecule has 0 saturated heterocycles. The number of aromatic amines is 1.